The quantitative estimate of drug-likeness (QED) is 0.552. The first kappa shape index (κ1) is 13.8. The Balaban J connectivity index is 3.02. The van der Waals surface area contributed by atoms with E-state index in [-0.39, 0.29) is 5.69 Å². The lowest BCUT2D eigenvalue weighted by Gasteiger charge is -2.00. The fraction of sp³-hybridized carbons (Fsp3) is 0.286. The van der Waals surface area contributed by atoms with Crippen molar-refractivity contribution in [1.29, 1.82) is 5.26 Å². The van der Waals surface area contributed by atoms with Crippen molar-refractivity contribution in [2.24, 2.45) is 0 Å². The highest BCUT2D eigenvalue weighted by Crippen LogP contribution is 2.07. The molecule has 0 N–H and O–H groups in total. The highest BCUT2D eigenvalue weighted by Gasteiger charge is 2.21. The van der Waals surface area contributed by atoms with Gasteiger partial charge in [0.05, 0.1) is 11.5 Å². The molecule has 17 heavy (non-hydrogen) atoms. The average molecular weight is 296 g/mol. The Labute approximate surface area is 102 Å². The van der Waals surface area contributed by atoms with Crippen LogP contribution in [0.3, 0.4) is 0 Å². The Hall–Kier alpha value is -1.24. The van der Waals surface area contributed by atoms with Crippen molar-refractivity contribution in [3.8, 4) is 6.07 Å². The molecule has 1 heterocycles. The first-order chi connectivity index (χ1) is 7.74. The molecule has 1 aromatic heterocycles. The molecule has 0 atom stereocenters. The Morgan fingerprint density at radius 2 is 1.94 bits per heavy atom. The molecule has 0 saturated heterocycles. The summed E-state index contributed by atoms with van der Waals surface area (Å²) in [6.45, 7) is 0. The lowest BCUT2D eigenvalue weighted by molar-refractivity contribution is 0.584. The molecule has 10 heteroatoms. The number of rotatable bonds is 4. The van der Waals surface area contributed by atoms with E-state index in [1.807, 2.05) is 0 Å². The molecule has 7 nitrogen and oxygen atoms in total. The van der Waals surface area contributed by atoms with E-state index in [1.165, 1.54) is 6.07 Å². The first-order valence-corrected chi connectivity index (χ1v) is 8.26. The van der Waals surface area contributed by atoms with Crippen LogP contribution in [0.2, 0.25) is 0 Å². The fourth-order valence-electron chi connectivity index (χ4n) is 0.853. The topological polar surface area (TPSA) is 118 Å². The minimum atomic E-state index is -3.96. The van der Waals surface area contributed by atoms with E-state index in [0.29, 0.717) is 0 Å². The molecule has 0 unspecified atom stereocenters. The molecule has 0 spiro atoms. The van der Waals surface area contributed by atoms with Crippen LogP contribution >= 0.6 is 10.7 Å². The highest BCUT2D eigenvalue weighted by molar-refractivity contribution is 8.14. The monoisotopic (exact) mass is 295 g/mol. The maximum Gasteiger partial charge on any atom is 0.248 e. The SMILES string of the molecule is N#Cc1ccnc(S(=O)(=O)CCS(=O)(=O)Cl)n1. The lowest BCUT2D eigenvalue weighted by atomic mass is 10.5. The molecule has 0 aliphatic carbocycles. The van der Waals surface area contributed by atoms with E-state index in [2.05, 4.69) is 9.97 Å². The lowest BCUT2D eigenvalue weighted by Crippen LogP contribution is -2.17. The zero-order valence-corrected chi connectivity index (χ0v) is 10.6. The summed E-state index contributed by atoms with van der Waals surface area (Å²) >= 11 is 0. The van der Waals surface area contributed by atoms with Crippen molar-refractivity contribution in [2.45, 2.75) is 5.16 Å². The number of nitrogens with zero attached hydrogens (tertiary/aromatic N) is 3. The van der Waals surface area contributed by atoms with Crippen molar-refractivity contribution < 1.29 is 16.8 Å². The van der Waals surface area contributed by atoms with Gasteiger partial charge >= 0.3 is 0 Å². The van der Waals surface area contributed by atoms with Crippen LogP contribution in [0.1, 0.15) is 5.69 Å². The van der Waals surface area contributed by atoms with Gasteiger partial charge in [-0.3, -0.25) is 0 Å². The summed E-state index contributed by atoms with van der Waals surface area (Å²) in [5.41, 5.74) is -0.118. The summed E-state index contributed by atoms with van der Waals surface area (Å²) in [6, 6.07) is 2.89. The van der Waals surface area contributed by atoms with Crippen molar-refractivity contribution in [3.05, 3.63) is 18.0 Å². The molecular formula is C7H6ClN3O4S2. The Kier molecular flexibility index (Phi) is 4.03. The first-order valence-electron chi connectivity index (χ1n) is 4.13. The minimum absolute atomic E-state index is 0.118. The molecular weight excluding hydrogens is 290 g/mol. The summed E-state index contributed by atoms with van der Waals surface area (Å²) in [7, 11) is -2.97. The van der Waals surface area contributed by atoms with E-state index in [0.717, 1.165) is 6.20 Å². The highest BCUT2D eigenvalue weighted by atomic mass is 35.7. The largest absolute Gasteiger partial charge is 0.248 e. The molecule has 0 amide bonds. The average Bonchev–Trinajstić information content (AvgIpc) is 2.26. The number of halogens is 1. The zero-order valence-electron chi connectivity index (χ0n) is 8.24. The van der Waals surface area contributed by atoms with E-state index in [1.54, 1.807) is 6.07 Å². The van der Waals surface area contributed by atoms with Gasteiger partial charge in [-0.1, -0.05) is 0 Å². The maximum absolute atomic E-state index is 11.6. The molecule has 1 aromatic rings. The van der Waals surface area contributed by atoms with Crippen molar-refractivity contribution >= 4 is 29.6 Å². The number of nitriles is 1. The molecule has 0 fully saturated rings. The van der Waals surface area contributed by atoms with Gasteiger partial charge in [0.2, 0.25) is 24.0 Å². The second-order valence-corrected chi connectivity index (χ2v) is 7.80. The van der Waals surface area contributed by atoms with Gasteiger partial charge in [-0.25, -0.2) is 26.8 Å². The van der Waals surface area contributed by atoms with Crippen molar-refractivity contribution in [3.63, 3.8) is 0 Å². The molecule has 0 aliphatic rings. The summed E-state index contributed by atoms with van der Waals surface area (Å²) in [5.74, 6) is -1.47. The van der Waals surface area contributed by atoms with E-state index in [9.17, 15) is 16.8 Å². The van der Waals surface area contributed by atoms with Crippen LogP contribution in [0.5, 0.6) is 0 Å². The third-order valence-corrected chi connectivity index (χ3v) is 4.53. The second-order valence-electron chi connectivity index (χ2n) is 2.90. The van der Waals surface area contributed by atoms with Crippen LogP contribution in [-0.4, -0.2) is 38.3 Å². The Bertz CT molecular complexity index is 663. The summed E-state index contributed by atoms with van der Waals surface area (Å²) < 4.78 is 44.5. The van der Waals surface area contributed by atoms with Gasteiger partial charge in [0.25, 0.3) is 0 Å². The molecule has 0 aromatic carbocycles. The molecule has 0 radical (unpaired) electrons. The minimum Gasteiger partial charge on any atom is -0.227 e. The van der Waals surface area contributed by atoms with Crippen LogP contribution in [0.15, 0.2) is 17.4 Å². The summed E-state index contributed by atoms with van der Waals surface area (Å²) in [5, 5.41) is 7.95. The van der Waals surface area contributed by atoms with Gasteiger partial charge in [-0.15, -0.1) is 0 Å². The van der Waals surface area contributed by atoms with E-state index < -0.39 is 35.6 Å². The van der Waals surface area contributed by atoms with Crippen LogP contribution in [-0.2, 0) is 18.9 Å². The van der Waals surface area contributed by atoms with Crippen molar-refractivity contribution in [1.82, 2.24) is 9.97 Å². The third-order valence-electron chi connectivity index (χ3n) is 1.62. The standard InChI is InChI=1S/C7H6ClN3O4S2/c8-17(14,15)4-3-16(12,13)7-10-2-1-6(5-9)11-7/h1-2H,3-4H2. The van der Waals surface area contributed by atoms with E-state index in [4.69, 9.17) is 15.9 Å². The van der Waals surface area contributed by atoms with Gasteiger partial charge in [0, 0.05) is 16.9 Å². The van der Waals surface area contributed by atoms with Gasteiger partial charge in [0.15, 0.2) is 0 Å². The predicted octanol–water partition coefficient (Wildman–Crippen LogP) is -0.309. The molecule has 1 rings (SSSR count). The number of aromatic nitrogens is 2. The van der Waals surface area contributed by atoms with Crippen LogP contribution in [0.4, 0.5) is 0 Å². The second kappa shape index (κ2) is 4.95. The van der Waals surface area contributed by atoms with Crippen LogP contribution in [0.25, 0.3) is 0 Å². The molecule has 92 valence electrons. The number of sulfone groups is 1. The number of hydrogen-bond acceptors (Lipinski definition) is 7. The Morgan fingerprint density at radius 3 is 2.47 bits per heavy atom. The van der Waals surface area contributed by atoms with Gasteiger partial charge in [-0.2, -0.15) is 5.26 Å². The maximum atomic E-state index is 11.6. The predicted molar refractivity (Wildman–Crippen MR) is 58.4 cm³/mol. The third kappa shape index (κ3) is 4.26. The Morgan fingerprint density at radius 1 is 1.29 bits per heavy atom. The smallest absolute Gasteiger partial charge is 0.227 e. The summed E-state index contributed by atoms with van der Waals surface area (Å²) in [4.78, 5) is 6.94. The van der Waals surface area contributed by atoms with Gasteiger partial charge in [-0.05, 0) is 6.07 Å². The normalized spacial score (nSPS) is 12.0. The van der Waals surface area contributed by atoms with Gasteiger partial charge in [0.1, 0.15) is 11.8 Å². The zero-order chi connectivity index (χ0) is 13.1. The number of hydrogen-bond donors (Lipinski definition) is 0. The van der Waals surface area contributed by atoms with Crippen LogP contribution in [0, 0.1) is 11.3 Å². The molecule has 0 aliphatic heterocycles. The summed E-state index contributed by atoms with van der Waals surface area (Å²) in [6.07, 6.45) is 1.10. The van der Waals surface area contributed by atoms with Crippen LogP contribution < -0.4 is 0 Å². The van der Waals surface area contributed by atoms with Crippen molar-refractivity contribution in [2.75, 3.05) is 11.5 Å². The van der Waals surface area contributed by atoms with E-state index >= 15 is 0 Å². The fourth-order valence-corrected chi connectivity index (χ4v) is 3.74. The molecule has 0 saturated carbocycles. The van der Waals surface area contributed by atoms with Gasteiger partial charge < -0.3 is 0 Å². The molecule has 0 bridgehead atoms.